The van der Waals surface area contributed by atoms with Crippen molar-refractivity contribution in [2.75, 3.05) is 6.61 Å². The zero-order valence-electron chi connectivity index (χ0n) is 7.79. The number of hydrogen-bond donors (Lipinski definition) is 1. The van der Waals surface area contributed by atoms with E-state index in [1.165, 1.54) is 8.45 Å². The first-order chi connectivity index (χ1) is 6.09. The Bertz CT molecular complexity index is 262. The van der Waals surface area contributed by atoms with Gasteiger partial charge in [-0.3, -0.25) is 0 Å². The van der Waals surface area contributed by atoms with Gasteiger partial charge >= 0.3 is 0 Å². The van der Waals surface area contributed by atoms with E-state index in [9.17, 15) is 0 Å². The number of halogens is 1. The summed E-state index contributed by atoms with van der Waals surface area (Å²) < 4.78 is 6.72. The fourth-order valence-electron chi connectivity index (χ4n) is 0.910. The second-order valence-corrected chi connectivity index (χ2v) is 5.98. The number of rotatable bonds is 4. The van der Waals surface area contributed by atoms with Crippen LogP contribution in [0.15, 0.2) is 11.4 Å². The second kappa shape index (κ2) is 5.29. The van der Waals surface area contributed by atoms with E-state index in [2.05, 4.69) is 34.0 Å². The van der Waals surface area contributed by atoms with Gasteiger partial charge in [-0.05, 0) is 53.4 Å². The molecule has 1 rings (SSSR count). The molecule has 0 bridgehead atoms. The molecule has 13 heavy (non-hydrogen) atoms. The predicted octanol–water partition coefficient (Wildman–Crippen LogP) is 2.78. The molecule has 74 valence electrons. The molecule has 1 aromatic heterocycles. The van der Waals surface area contributed by atoms with Gasteiger partial charge in [0.15, 0.2) is 0 Å². The van der Waals surface area contributed by atoms with Gasteiger partial charge in [0.25, 0.3) is 0 Å². The summed E-state index contributed by atoms with van der Waals surface area (Å²) in [5.41, 5.74) is 7.11. The van der Waals surface area contributed by atoms with Crippen molar-refractivity contribution in [3.8, 4) is 0 Å². The van der Waals surface area contributed by atoms with Gasteiger partial charge in [-0.1, -0.05) is 0 Å². The van der Waals surface area contributed by atoms with Crippen LogP contribution in [-0.4, -0.2) is 12.7 Å². The minimum atomic E-state index is 0.0159. The smallest absolute Gasteiger partial charge is 0.0663 e. The lowest BCUT2D eigenvalue weighted by Gasteiger charge is -2.12. The first kappa shape index (κ1) is 11.4. The Kier molecular flexibility index (Phi) is 4.64. The predicted molar refractivity (Wildman–Crippen MR) is 65.1 cm³/mol. The van der Waals surface area contributed by atoms with E-state index < -0.39 is 0 Å². The summed E-state index contributed by atoms with van der Waals surface area (Å²) in [6.45, 7) is 4.64. The third-order valence-electron chi connectivity index (χ3n) is 1.63. The van der Waals surface area contributed by atoms with Gasteiger partial charge in [0.1, 0.15) is 0 Å². The zero-order valence-corrected chi connectivity index (χ0v) is 10.8. The zero-order chi connectivity index (χ0) is 9.84. The summed E-state index contributed by atoms with van der Waals surface area (Å²) >= 11 is 4.02. The molecular weight excluding hydrogens is 297 g/mol. The van der Waals surface area contributed by atoms with Crippen molar-refractivity contribution in [3.05, 3.63) is 19.9 Å². The first-order valence-corrected chi connectivity index (χ1v) is 6.16. The molecule has 0 aromatic carbocycles. The van der Waals surface area contributed by atoms with Crippen LogP contribution in [0.25, 0.3) is 0 Å². The van der Waals surface area contributed by atoms with Crippen LogP contribution in [0.3, 0.4) is 0 Å². The lowest BCUT2D eigenvalue weighted by atomic mass is 10.2. The van der Waals surface area contributed by atoms with Gasteiger partial charge in [0.05, 0.1) is 21.6 Å². The average molecular weight is 311 g/mol. The van der Waals surface area contributed by atoms with Crippen LogP contribution < -0.4 is 5.73 Å². The van der Waals surface area contributed by atoms with Crippen molar-refractivity contribution >= 4 is 33.9 Å². The van der Waals surface area contributed by atoms with Gasteiger partial charge in [0, 0.05) is 0 Å². The Hall–Kier alpha value is 0.350. The van der Waals surface area contributed by atoms with Gasteiger partial charge in [-0.2, -0.15) is 0 Å². The SMILES string of the molecule is CC(C)OCC(N)c1csc(I)c1. The molecule has 2 N–H and O–H groups in total. The third-order valence-corrected chi connectivity index (χ3v) is 3.43. The lowest BCUT2D eigenvalue weighted by Crippen LogP contribution is -2.18. The van der Waals surface area contributed by atoms with Gasteiger partial charge < -0.3 is 10.5 Å². The first-order valence-electron chi connectivity index (χ1n) is 4.20. The summed E-state index contributed by atoms with van der Waals surface area (Å²) in [6, 6.07) is 2.13. The van der Waals surface area contributed by atoms with Crippen LogP contribution in [0.2, 0.25) is 0 Å². The summed E-state index contributed by atoms with van der Waals surface area (Å²) in [5.74, 6) is 0. The molecule has 0 fully saturated rings. The van der Waals surface area contributed by atoms with E-state index >= 15 is 0 Å². The lowest BCUT2D eigenvalue weighted by molar-refractivity contribution is 0.0684. The molecular formula is C9H14INOS. The quantitative estimate of drug-likeness (QED) is 0.868. The number of thiophene rings is 1. The maximum absolute atomic E-state index is 5.93. The van der Waals surface area contributed by atoms with Gasteiger partial charge in [0.2, 0.25) is 0 Å². The molecule has 1 atom stereocenters. The Labute approximate surface area is 96.6 Å². The molecule has 0 aliphatic carbocycles. The van der Waals surface area contributed by atoms with Crippen molar-refractivity contribution in [2.45, 2.75) is 26.0 Å². The fraction of sp³-hybridized carbons (Fsp3) is 0.556. The molecule has 0 aliphatic heterocycles. The highest BCUT2D eigenvalue weighted by Crippen LogP contribution is 2.21. The van der Waals surface area contributed by atoms with E-state index in [1.807, 2.05) is 13.8 Å². The normalized spacial score (nSPS) is 13.6. The van der Waals surface area contributed by atoms with E-state index in [0.717, 1.165) is 0 Å². The molecule has 0 amide bonds. The maximum Gasteiger partial charge on any atom is 0.0663 e. The molecule has 0 aliphatic rings. The van der Waals surface area contributed by atoms with E-state index in [-0.39, 0.29) is 12.1 Å². The molecule has 0 spiro atoms. The van der Waals surface area contributed by atoms with Gasteiger partial charge in [-0.25, -0.2) is 0 Å². The molecule has 2 nitrogen and oxygen atoms in total. The molecule has 1 heterocycles. The van der Waals surface area contributed by atoms with Crippen LogP contribution >= 0.6 is 33.9 Å². The van der Waals surface area contributed by atoms with E-state index in [4.69, 9.17) is 10.5 Å². The summed E-state index contributed by atoms with van der Waals surface area (Å²) in [7, 11) is 0. The molecule has 0 radical (unpaired) electrons. The summed E-state index contributed by atoms with van der Waals surface area (Å²) in [6.07, 6.45) is 0.253. The van der Waals surface area contributed by atoms with Crippen LogP contribution in [0.4, 0.5) is 0 Å². The van der Waals surface area contributed by atoms with Crippen molar-refractivity contribution in [3.63, 3.8) is 0 Å². The minimum Gasteiger partial charge on any atom is -0.377 e. The van der Waals surface area contributed by atoms with Crippen LogP contribution in [0.1, 0.15) is 25.5 Å². The summed E-state index contributed by atoms with van der Waals surface area (Å²) in [5, 5.41) is 2.09. The van der Waals surface area contributed by atoms with Crippen molar-refractivity contribution in [1.82, 2.24) is 0 Å². The summed E-state index contributed by atoms with van der Waals surface area (Å²) in [4.78, 5) is 0. The van der Waals surface area contributed by atoms with Crippen molar-refractivity contribution in [2.24, 2.45) is 5.73 Å². The van der Waals surface area contributed by atoms with Crippen molar-refractivity contribution < 1.29 is 4.74 Å². The van der Waals surface area contributed by atoms with Crippen LogP contribution in [0, 0.1) is 2.88 Å². The fourth-order valence-corrected chi connectivity index (χ4v) is 2.35. The van der Waals surface area contributed by atoms with E-state index in [1.54, 1.807) is 11.3 Å². The highest BCUT2D eigenvalue weighted by Gasteiger charge is 2.08. The number of nitrogens with two attached hydrogens (primary N) is 1. The molecule has 0 saturated carbocycles. The van der Waals surface area contributed by atoms with E-state index in [0.29, 0.717) is 6.61 Å². The van der Waals surface area contributed by atoms with Crippen LogP contribution in [-0.2, 0) is 4.74 Å². The Balaban J connectivity index is 2.44. The maximum atomic E-state index is 5.93. The standard InChI is InChI=1S/C9H14INOS/c1-6(2)12-4-8(11)7-3-9(10)13-5-7/h3,5-6,8H,4,11H2,1-2H3. The average Bonchev–Trinajstić information content (AvgIpc) is 2.47. The van der Waals surface area contributed by atoms with Crippen LogP contribution in [0.5, 0.6) is 0 Å². The Morgan fingerprint density at radius 3 is 2.77 bits per heavy atom. The minimum absolute atomic E-state index is 0.0159. The third kappa shape index (κ3) is 3.93. The molecule has 1 unspecified atom stereocenters. The molecule has 4 heteroatoms. The second-order valence-electron chi connectivity index (χ2n) is 3.17. The Morgan fingerprint density at radius 2 is 2.31 bits per heavy atom. The largest absolute Gasteiger partial charge is 0.377 e. The highest BCUT2D eigenvalue weighted by molar-refractivity contribution is 14.1. The molecule has 0 saturated heterocycles. The highest BCUT2D eigenvalue weighted by atomic mass is 127. The monoisotopic (exact) mass is 311 g/mol. The molecule has 1 aromatic rings. The van der Waals surface area contributed by atoms with Gasteiger partial charge in [-0.15, -0.1) is 11.3 Å². The Morgan fingerprint density at radius 1 is 1.62 bits per heavy atom. The number of hydrogen-bond acceptors (Lipinski definition) is 3. The topological polar surface area (TPSA) is 35.2 Å². The van der Waals surface area contributed by atoms with Crippen molar-refractivity contribution in [1.29, 1.82) is 0 Å². The number of ether oxygens (including phenoxy) is 1.